The molecule has 124 valence electrons. The van der Waals surface area contributed by atoms with Crippen LogP contribution in [0.3, 0.4) is 0 Å². The van der Waals surface area contributed by atoms with E-state index in [-0.39, 0.29) is 11.3 Å². The molecule has 3 unspecified atom stereocenters. The van der Waals surface area contributed by atoms with Gasteiger partial charge in [-0.15, -0.1) is 0 Å². The summed E-state index contributed by atoms with van der Waals surface area (Å²) in [5.74, 6) is 1.16. The lowest BCUT2D eigenvalue weighted by atomic mass is 9.76. The maximum Gasteiger partial charge on any atom is 0.220 e. The highest BCUT2D eigenvalue weighted by Crippen LogP contribution is 2.32. The summed E-state index contributed by atoms with van der Waals surface area (Å²) in [4.78, 5) is 12.0. The number of carbonyl (C=O) groups excluding carboxylic acids is 1. The van der Waals surface area contributed by atoms with E-state index in [9.17, 15) is 4.79 Å². The first-order valence-corrected chi connectivity index (χ1v) is 8.46. The summed E-state index contributed by atoms with van der Waals surface area (Å²) >= 11 is 0. The summed E-state index contributed by atoms with van der Waals surface area (Å²) in [6.45, 7) is 11.1. The Bertz CT molecular complexity index is 312. The van der Waals surface area contributed by atoms with Crippen molar-refractivity contribution >= 4 is 5.91 Å². The lowest BCUT2D eigenvalue weighted by molar-refractivity contribution is -0.121. The summed E-state index contributed by atoms with van der Waals surface area (Å²) in [7, 11) is 0. The highest BCUT2D eigenvalue weighted by molar-refractivity contribution is 5.75. The molecule has 4 nitrogen and oxygen atoms in total. The van der Waals surface area contributed by atoms with Gasteiger partial charge in [0.15, 0.2) is 0 Å². The number of nitrogens with one attached hydrogen (secondary N) is 1. The van der Waals surface area contributed by atoms with Crippen molar-refractivity contribution in [3.05, 3.63) is 0 Å². The van der Waals surface area contributed by atoms with Gasteiger partial charge in [-0.2, -0.15) is 0 Å². The molecule has 3 atom stereocenters. The number of ether oxygens (including phenoxy) is 1. The Labute approximate surface area is 130 Å². The average molecular weight is 298 g/mol. The minimum atomic E-state index is 0.169. The van der Waals surface area contributed by atoms with Crippen LogP contribution in [-0.2, 0) is 9.53 Å². The van der Waals surface area contributed by atoms with Gasteiger partial charge in [-0.3, -0.25) is 4.79 Å². The molecule has 21 heavy (non-hydrogen) atoms. The van der Waals surface area contributed by atoms with E-state index in [0.717, 1.165) is 38.8 Å². The first kappa shape index (κ1) is 18.4. The number of carbonyl (C=O) groups is 1. The number of rotatable bonds is 8. The van der Waals surface area contributed by atoms with E-state index >= 15 is 0 Å². The maximum atomic E-state index is 12.0. The molecule has 0 aromatic rings. The molecule has 4 heteroatoms. The third kappa shape index (κ3) is 6.35. The van der Waals surface area contributed by atoms with Crippen molar-refractivity contribution in [1.82, 2.24) is 5.32 Å². The van der Waals surface area contributed by atoms with Gasteiger partial charge in [0.05, 0.1) is 6.10 Å². The first-order valence-electron chi connectivity index (χ1n) is 8.46. The average Bonchev–Trinajstić information content (AvgIpc) is 2.87. The molecule has 1 aliphatic rings. The topological polar surface area (TPSA) is 64.3 Å². The smallest absolute Gasteiger partial charge is 0.220 e. The molecule has 1 rings (SSSR count). The number of hydrogen-bond donors (Lipinski definition) is 2. The Hall–Kier alpha value is -0.610. The highest BCUT2D eigenvalue weighted by atomic mass is 16.5. The Balaban J connectivity index is 2.29. The minimum Gasteiger partial charge on any atom is -0.378 e. The van der Waals surface area contributed by atoms with Crippen molar-refractivity contribution in [2.24, 2.45) is 23.0 Å². The van der Waals surface area contributed by atoms with Gasteiger partial charge >= 0.3 is 0 Å². The van der Waals surface area contributed by atoms with Crippen molar-refractivity contribution in [1.29, 1.82) is 0 Å². The van der Waals surface area contributed by atoms with Crippen LogP contribution >= 0.6 is 0 Å². The second kappa shape index (κ2) is 8.74. The molecule has 0 aromatic heterocycles. The highest BCUT2D eigenvalue weighted by Gasteiger charge is 2.27. The van der Waals surface area contributed by atoms with E-state index in [1.165, 1.54) is 0 Å². The largest absolute Gasteiger partial charge is 0.378 e. The standard InChI is InChI=1S/C17H34N2O2/c1-5-15-13(9-11-21-15)12-19-16(20)7-6-14(8-10-18)17(2,3)4/h13-15H,5-12,18H2,1-4H3,(H,19,20). The van der Waals surface area contributed by atoms with Crippen molar-refractivity contribution in [2.75, 3.05) is 19.7 Å². The Kier molecular flexibility index (Phi) is 7.67. The first-order chi connectivity index (χ1) is 9.88. The Morgan fingerprint density at radius 1 is 1.38 bits per heavy atom. The Morgan fingerprint density at radius 3 is 2.67 bits per heavy atom. The molecular formula is C17H34N2O2. The minimum absolute atomic E-state index is 0.169. The van der Waals surface area contributed by atoms with E-state index in [4.69, 9.17) is 10.5 Å². The summed E-state index contributed by atoms with van der Waals surface area (Å²) in [5, 5.41) is 3.09. The van der Waals surface area contributed by atoms with Crippen LogP contribution in [0.1, 0.15) is 59.8 Å². The van der Waals surface area contributed by atoms with Crippen LogP contribution in [0.4, 0.5) is 0 Å². The molecule has 1 saturated heterocycles. The third-order valence-electron chi connectivity index (χ3n) is 4.77. The van der Waals surface area contributed by atoms with Gasteiger partial charge in [-0.25, -0.2) is 0 Å². The van der Waals surface area contributed by atoms with Crippen molar-refractivity contribution in [3.8, 4) is 0 Å². The molecule has 0 radical (unpaired) electrons. The molecular weight excluding hydrogens is 264 g/mol. The molecule has 3 N–H and O–H groups in total. The zero-order valence-corrected chi connectivity index (χ0v) is 14.3. The zero-order valence-electron chi connectivity index (χ0n) is 14.3. The maximum absolute atomic E-state index is 12.0. The molecule has 0 spiro atoms. The molecule has 0 aromatic carbocycles. The fourth-order valence-corrected chi connectivity index (χ4v) is 3.23. The fraction of sp³-hybridized carbons (Fsp3) is 0.941. The van der Waals surface area contributed by atoms with Gasteiger partial charge in [0.25, 0.3) is 0 Å². The predicted octanol–water partition coefficient (Wildman–Crippen LogP) is 2.71. The summed E-state index contributed by atoms with van der Waals surface area (Å²) in [6.07, 6.45) is 4.94. The summed E-state index contributed by atoms with van der Waals surface area (Å²) in [6, 6.07) is 0. The van der Waals surface area contributed by atoms with Crippen molar-refractivity contribution in [3.63, 3.8) is 0 Å². The quantitative estimate of drug-likeness (QED) is 0.724. The zero-order chi connectivity index (χ0) is 15.9. The normalized spacial score (nSPS) is 24.0. The van der Waals surface area contributed by atoms with Crippen LogP contribution in [0.25, 0.3) is 0 Å². The van der Waals surface area contributed by atoms with Crippen LogP contribution < -0.4 is 11.1 Å². The molecule has 1 aliphatic heterocycles. The van der Waals surface area contributed by atoms with Gasteiger partial charge in [0, 0.05) is 25.5 Å². The van der Waals surface area contributed by atoms with Crippen molar-refractivity contribution in [2.45, 2.75) is 65.9 Å². The monoisotopic (exact) mass is 298 g/mol. The molecule has 1 heterocycles. The van der Waals surface area contributed by atoms with Crippen LogP contribution in [0.5, 0.6) is 0 Å². The summed E-state index contributed by atoms with van der Waals surface area (Å²) in [5.41, 5.74) is 5.90. The van der Waals surface area contributed by atoms with Crippen molar-refractivity contribution < 1.29 is 9.53 Å². The van der Waals surface area contributed by atoms with E-state index in [1.54, 1.807) is 0 Å². The predicted molar refractivity (Wildman–Crippen MR) is 87.0 cm³/mol. The van der Waals surface area contributed by atoms with Gasteiger partial charge in [-0.05, 0) is 43.6 Å². The van der Waals surface area contributed by atoms with E-state index < -0.39 is 0 Å². The van der Waals surface area contributed by atoms with Gasteiger partial charge in [0.1, 0.15) is 0 Å². The molecule has 1 fully saturated rings. The van der Waals surface area contributed by atoms with Gasteiger partial charge in [-0.1, -0.05) is 27.7 Å². The second-order valence-corrected chi connectivity index (χ2v) is 7.35. The van der Waals surface area contributed by atoms with Crippen LogP contribution in [0.2, 0.25) is 0 Å². The number of hydrogen-bond acceptors (Lipinski definition) is 3. The van der Waals surface area contributed by atoms with Crippen LogP contribution in [0, 0.1) is 17.3 Å². The molecule has 0 aliphatic carbocycles. The molecule has 0 bridgehead atoms. The third-order valence-corrected chi connectivity index (χ3v) is 4.77. The van der Waals surface area contributed by atoms with Gasteiger partial charge < -0.3 is 15.8 Å². The van der Waals surface area contributed by atoms with E-state index in [2.05, 4.69) is 33.0 Å². The lowest BCUT2D eigenvalue weighted by Gasteiger charge is -2.30. The summed E-state index contributed by atoms with van der Waals surface area (Å²) < 4.78 is 5.66. The lowest BCUT2D eigenvalue weighted by Crippen LogP contribution is -2.33. The van der Waals surface area contributed by atoms with Crippen LogP contribution in [-0.4, -0.2) is 31.7 Å². The fourth-order valence-electron chi connectivity index (χ4n) is 3.23. The van der Waals surface area contributed by atoms with E-state index in [1.807, 2.05) is 0 Å². The Morgan fingerprint density at radius 2 is 2.10 bits per heavy atom. The SMILES string of the molecule is CCC1OCCC1CNC(=O)CCC(CCN)C(C)(C)C. The molecule has 0 saturated carbocycles. The van der Waals surface area contributed by atoms with E-state index in [0.29, 0.717) is 30.9 Å². The number of amides is 1. The number of nitrogens with two attached hydrogens (primary N) is 1. The van der Waals surface area contributed by atoms with Gasteiger partial charge in [0.2, 0.25) is 5.91 Å². The van der Waals surface area contributed by atoms with Crippen LogP contribution in [0.15, 0.2) is 0 Å². The second-order valence-electron chi connectivity index (χ2n) is 7.35. The molecule has 1 amide bonds.